The molecular formula is C10H14N2O2S. The molecule has 1 saturated heterocycles. The first-order valence-electron chi connectivity index (χ1n) is 5.03. The van der Waals surface area contributed by atoms with Crippen molar-refractivity contribution in [2.75, 3.05) is 18.8 Å². The van der Waals surface area contributed by atoms with E-state index < -0.39 is 9.84 Å². The summed E-state index contributed by atoms with van der Waals surface area (Å²) in [6.45, 7) is 1.72. The number of aromatic nitrogens is 1. The molecule has 1 aromatic heterocycles. The summed E-state index contributed by atoms with van der Waals surface area (Å²) in [7, 11) is -3.19. The summed E-state index contributed by atoms with van der Waals surface area (Å²) in [5.74, 6) is 0.439. The van der Waals surface area contributed by atoms with Crippen molar-refractivity contribution in [3.8, 4) is 0 Å². The van der Waals surface area contributed by atoms with Crippen LogP contribution in [0, 0.1) is 5.92 Å². The molecular weight excluding hydrogens is 212 g/mol. The van der Waals surface area contributed by atoms with Crippen molar-refractivity contribution in [1.82, 2.24) is 10.3 Å². The Labute approximate surface area is 89.6 Å². The number of sulfone groups is 1. The number of rotatable bonds is 3. The standard InChI is InChI=1S/C10H14N2O2S/c13-15(14,8-9-4-6-11-7-9)10-3-1-2-5-12-10/h1-3,5,9,11H,4,6-8H2. The fourth-order valence-corrected chi connectivity index (χ4v) is 3.37. The lowest BCUT2D eigenvalue weighted by atomic mass is 10.2. The maximum atomic E-state index is 11.9. The molecule has 1 N–H and O–H groups in total. The molecule has 2 heterocycles. The van der Waals surface area contributed by atoms with Gasteiger partial charge in [0.05, 0.1) is 5.75 Å². The highest BCUT2D eigenvalue weighted by Gasteiger charge is 2.24. The zero-order chi connectivity index (χ0) is 10.7. The Kier molecular flexibility index (Phi) is 3.02. The summed E-state index contributed by atoms with van der Waals surface area (Å²) in [5.41, 5.74) is 0. The van der Waals surface area contributed by atoms with Crippen LogP contribution < -0.4 is 5.32 Å². The number of pyridine rings is 1. The van der Waals surface area contributed by atoms with E-state index in [0.29, 0.717) is 0 Å². The first kappa shape index (κ1) is 10.6. The normalized spacial score (nSPS) is 21.7. The van der Waals surface area contributed by atoms with Crippen molar-refractivity contribution in [2.45, 2.75) is 11.4 Å². The predicted molar refractivity (Wildman–Crippen MR) is 57.3 cm³/mol. The highest BCUT2D eigenvalue weighted by atomic mass is 32.2. The second-order valence-corrected chi connectivity index (χ2v) is 5.79. The van der Waals surface area contributed by atoms with E-state index in [9.17, 15) is 8.42 Å². The van der Waals surface area contributed by atoms with Gasteiger partial charge in [-0.05, 0) is 37.6 Å². The molecule has 1 fully saturated rings. The summed E-state index contributed by atoms with van der Waals surface area (Å²) < 4.78 is 23.8. The van der Waals surface area contributed by atoms with Crippen molar-refractivity contribution in [3.63, 3.8) is 0 Å². The van der Waals surface area contributed by atoms with Gasteiger partial charge in [0, 0.05) is 6.20 Å². The van der Waals surface area contributed by atoms with Crippen LogP contribution in [-0.4, -0.2) is 32.2 Å². The molecule has 1 aliphatic heterocycles. The largest absolute Gasteiger partial charge is 0.316 e. The molecule has 5 heteroatoms. The summed E-state index contributed by atoms with van der Waals surface area (Å²) in [6, 6.07) is 4.97. The van der Waals surface area contributed by atoms with Crippen LogP contribution in [0.15, 0.2) is 29.4 Å². The van der Waals surface area contributed by atoms with Crippen molar-refractivity contribution in [2.24, 2.45) is 5.92 Å². The molecule has 15 heavy (non-hydrogen) atoms. The molecule has 0 radical (unpaired) electrons. The number of hydrogen-bond acceptors (Lipinski definition) is 4. The van der Waals surface area contributed by atoms with E-state index in [4.69, 9.17) is 0 Å². The van der Waals surface area contributed by atoms with Crippen molar-refractivity contribution < 1.29 is 8.42 Å². The molecule has 2 rings (SSSR count). The van der Waals surface area contributed by atoms with Gasteiger partial charge in [-0.25, -0.2) is 13.4 Å². The van der Waals surface area contributed by atoms with E-state index in [0.717, 1.165) is 19.5 Å². The van der Waals surface area contributed by atoms with Crippen LogP contribution >= 0.6 is 0 Å². The molecule has 1 aliphatic rings. The van der Waals surface area contributed by atoms with Gasteiger partial charge < -0.3 is 5.32 Å². The lowest BCUT2D eigenvalue weighted by molar-refractivity contribution is 0.567. The van der Waals surface area contributed by atoms with Crippen LogP contribution in [-0.2, 0) is 9.84 Å². The van der Waals surface area contributed by atoms with Gasteiger partial charge in [0.15, 0.2) is 14.9 Å². The molecule has 0 bridgehead atoms. The number of hydrogen-bond donors (Lipinski definition) is 1. The Hall–Kier alpha value is -0.940. The van der Waals surface area contributed by atoms with E-state index in [1.165, 1.54) is 6.20 Å². The second-order valence-electron chi connectivity index (χ2n) is 3.81. The maximum absolute atomic E-state index is 11.9. The molecule has 82 valence electrons. The average Bonchev–Trinajstić information content (AvgIpc) is 2.71. The molecule has 1 unspecified atom stereocenters. The Morgan fingerprint density at radius 3 is 2.93 bits per heavy atom. The highest BCUT2D eigenvalue weighted by molar-refractivity contribution is 7.91. The van der Waals surface area contributed by atoms with E-state index in [1.54, 1.807) is 18.2 Å². The fraction of sp³-hybridized carbons (Fsp3) is 0.500. The van der Waals surface area contributed by atoms with Crippen LogP contribution in [0.25, 0.3) is 0 Å². The third kappa shape index (κ3) is 2.54. The van der Waals surface area contributed by atoms with E-state index in [1.807, 2.05) is 0 Å². The van der Waals surface area contributed by atoms with E-state index in [-0.39, 0.29) is 16.7 Å². The molecule has 0 amide bonds. The van der Waals surface area contributed by atoms with Gasteiger partial charge in [0.2, 0.25) is 0 Å². The maximum Gasteiger partial charge on any atom is 0.195 e. The fourth-order valence-electron chi connectivity index (χ4n) is 1.78. The van der Waals surface area contributed by atoms with Crippen LogP contribution in [0.5, 0.6) is 0 Å². The van der Waals surface area contributed by atoms with Gasteiger partial charge in [-0.1, -0.05) is 6.07 Å². The zero-order valence-corrected chi connectivity index (χ0v) is 9.20. The summed E-state index contributed by atoms with van der Waals surface area (Å²) in [6.07, 6.45) is 2.45. The van der Waals surface area contributed by atoms with Crippen LogP contribution in [0.1, 0.15) is 6.42 Å². The Balaban J connectivity index is 2.13. The van der Waals surface area contributed by atoms with Crippen LogP contribution in [0.2, 0.25) is 0 Å². The first-order valence-corrected chi connectivity index (χ1v) is 6.68. The Morgan fingerprint density at radius 1 is 1.47 bits per heavy atom. The Morgan fingerprint density at radius 2 is 2.33 bits per heavy atom. The van der Waals surface area contributed by atoms with Gasteiger partial charge in [0.1, 0.15) is 0 Å². The summed E-state index contributed by atoms with van der Waals surface area (Å²) in [4.78, 5) is 3.88. The predicted octanol–water partition coefficient (Wildman–Crippen LogP) is 0.465. The SMILES string of the molecule is O=S(=O)(CC1CCNC1)c1ccccn1. The number of nitrogens with one attached hydrogen (secondary N) is 1. The smallest absolute Gasteiger partial charge is 0.195 e. The van der Waals surface area contributed by atoms with Crippen LogP contribution in [0.3, 0.4) is 0 Å². The third-order valence-electron chi connectivity index (χ3n) is 2.57. The molecule has 1 atom stereocenters. The highest BCUT2D eigenvalue weighted by Crippen LogP contribution is 2.15. The minimum atomic E-state index is -3.19. The van der Waals surface area contributed by atoms with Crippen molar-refractivity contribution in [3.05, 3.63) is 24.4 Å². The van der Waals surface area contributed by atoms with Crippen molar-refractivity contribution in [1.29, 1.82) is 0 Å². The quantitative estimate of drug-likeness (QED) is 0.813. The van der Waals surface area contributed by atoms with Crippen LogP contribution in [0.4, 0.5) is 0 Å². The van der Waals surface area contributed by atoms with Gasteiger partial charge >= 0.3 is 0 Å². The van der Waals surface area contributed by atoms with E-state index in [2.05, 4.69) is 10.3 Å². The molecule has 4 nitrogen and oxygen atoms in total. The Bertz CT molecular complexity index is 410. The molecule has 0 saturated carbocycles. The summed E-state index contributed by atoms with van der Waals surface area (Å²) in [5, 5.41) is 3.35. The molecule has 0 aromatic carbocycles. The van der Waals surface area contributed by atoms with Crippen molar-refractivity contribution >= 4 is 9.84 Å². The van der Waals surface area contributed by atoms with Gasteiger partial charge in [-0.3, -0.25) is 0 Å². The topological polar surface area (TPSA) is 59.1 Å². The minimum Gasteiger partial charge on any atom is -0.316 e. The molecule has 0 aliphatic carbocycles. The van der Waals surface area contributed by atoms with Gasteiger partial charge in [-0.15, -0.1) is 0 Å². The minimum absolute atomic E-state index is 0.192. The lowest BCUT2D eigenvalue weighted by Crippen LogP contribution is -2.19. The average molecular weight is 226 g/mol. The van der Waals surface area contributed by atoms with Gasteiger partial charge in [-0.2, -0.15) is 0 Å². The lowest BCUT2D eigenvalue weighted by Gasteiger charge is -2.08. The first-order chi connectivity index (χ1) is 7.18. The third-order valence-corrected chi connectivity index (χ3v) is 4.36. The zero-order valence-electron chi connectivity index (χ0n) is 8.39. The molecule has 1 aromatic rings. The van der Waals surface area contributed by atoms with Gasteiger partial charge in [0.25, 0.3) is 0 Å². The van der Waals surface area contributed by atoms with E-state index >= 15 is 0 Å². The number of nitrogens with zero attached hydrogens (tertiary/aromatic N) is 1. The monoisotopic (exact) mass is 226 g/mol. The molecule has 0 spiro atoms. The second kappa shape index (κ2) is 4.28. The summed E-state index contributed by atoms with van der Waals surface area (Å²) >= 11 is 0.